The van der Waals surface area contributed by atoms with Crippen molar-refractivity contribution < 1.29 is 4.79 Å². The van der Waals surface area contributed by atoms with Crippen LogP contribution in [0.5, 0.6) is 0 Å². The van der Waals surface area contributed by atoms with Crippen molar-refractivity contribution in [1.82, 2.24) is 10.9 Å². The third kappa shape index (κ3) is 4.88. The van der Waals surface area contributed by atoms with Gasteiger partial charge in [0.1, 0.15) is 0 Å². The van der Waals surface area contributed by atoms with Crippen LogP contribution in [0.4, 0.5) is 0 Å². The summed E-state index contributed by atoms with van der Waals surface area (Å²) < 4.78 is 0. The molecule has 0 heterocycles. The van der Waals surface area contributed by atoms with E-state index in [4.69, 9.17) is 0 Å². The highest BCUT2D eigenvalue weighted by molar-refractivity contribution is 5.75. The number of hydrogen-bond acceptors (Lipinski definition) is 2. The van der Waals surface area contributed by atoms with Crippen molar-refractivity contribution in [3.05, 3.63) is 35.4 Å². The van der Waals surface area contributed by atoms with Gasteiger partial charge in [0, 0.05) is 13.5 Å². The van der Waals surface area contributed by atoms with E-state index < -0.39 is 0 Å². The van der Waals surface area contributed by atoms with Crippen LogP contribution in [0, 0.1) is 0 Å². The number of aryl methyl sites for hydroxylation is 1. The molecule has 0 aliphatic rings. The molecule has 0 fully saturated rings. The van der Waals surface area contributed by atoms with Gasteiger partial charge in [0.05, 0.1) is 0 Å². The topological polar surface area (TPSA) is 41.1 Å². The molecule has 0 aliphatic carbocycles. The quantitative estimate of drug-likeness (QED) is 0.786. The van der Waals surface area contributed by atoms with E-state index in [-0.39, 0.29) is 11.3 Å². The average molecular weight is 248 g/mol. The average Bonchev–Trinajstić information content (AvgIpc) is 2.29. The van der Waals surface area contributed by atoms with Gasteiger partial charge in [-0.15, -0.1) is 0 Å². The van der Waals surface area contributed by atoms with E-state index in [9.17, 15) is 4.79 Å². The minimum atomic E-state index is 0.0452. The molecular formula is C15H24N2O. The zero-order valence-electron chi connectivity index (χ0n) is 11.8. The van der Waals surface area contributed by atoms with Gasteiger partial charge in [-0.1, -0.05) is 45.0 Å². The normalized spacial score (nSPS) is 11.3. The number of carbonyl (C=O) groups is 1. The Morgan fingerprint density at radius 3 is 2.28 bits per heavy atom. The van der Waals surface area contributed by atoms with E-state index in [0.717, 1.165) is 12.8 Å². The van der Waals surface area contributed by atoms with Crippen LogP contribution >= 0.6 is 0 Å². The minimum absolute atomic E-state index is 0.0452. The van der Waals surface area contributed by atoms with Crippen LogP contribution in [0.2, 0.25) is 0 Å². The van der Waals surface area contributed by atoms with E-state index in [1.54, 1.807) is 7.05 Å². The van der Waals surface area contributed by atoms with Crippen LogP contribution in [0.3, 0.4) is 0 Å². The summed E-state index contributed by atoms with van der Waals surface area (Å²) >= 11 is 0. The predicted molar refractivity (Wildman–Crippen MR) is 75.3 cm³/mol. The summed E-state index contributed by atoms with van der Waals surface area (Å²) in [5, 5.41) is 0. The molecule has 0 aromatic heterocycles. The molecule has 18 heavy (non-hydrogen) atoms. The first kappa shape index (κ1) is 14.7. The van der Waals surface area contributed by atoms with E-state index in [1.165, 1.54) is 11.1 Å². The Balaban J connectivity index is 2.42. The molecule has 1 rings (SSSR count). The Hall–Kier alpha value is -1.35. The summed E-state index contributed by atoms with van der Waals surface area (Å²) in [4.78, 5) is 11.2. The number of hydrogen-bond donors (Lipinski definition) is 2. The van der Waals surface area contributed by atoms with E-state index in [1.807, 2.05) is 0 Å². The molecule has 1 aromatic rings. The van der Waals surface area contributed by atoms with Crippen LogP contribution in [-0.4, -0.2) is 13.0 Å². The monoisotopic (exact) mass is 248 g/mol. The molecule has 0 aliphatic heterocycles. The van der Waals surface area contributed by atoms with Crippen LogP contribution in [0.25, 0.3) is 0 Å². The van der Waals surface area contributed by atoms with Gasteiger partial charge in [-0.2, -0.15) is 0 Å². The summed E-state index contributed by atoms with van der Waals surface area (Å²) in [5.41, 5.74) is 8.05. The first-order chi connectivity index (χ1) is 8.43. The summed E-state index contributed by atoms with van der Waals surface area (Å²) in [5.74, 6) is 0.0452. The molecule has 0 radical (unpaired) electrons. The Morgan fingerprint density at radius 2 is 1.78 bits per heavy atom. The molecule has 0 saturated heterocycles. The van der Waals surface area contributed by atoms with Crippen LogP contribution in [-0.2, 0) is 16.6 Å². The Labute approximate surface area is 110 Å². The summed E-state index contributed by atoms with van der Waals surface area (Å²) in [6.45, 7) is 6.64. The maximum absolute atomic E-state index is 11.2. The lowest BCUT2D eigenvalue weighted by atomic mass is 9.86. The molecule has 0 saturated carbocycles. The van der Waals surface area contributed by atoms with Gasteiger partial charge >= 0.3 is 0 Å². The third-order valence-corrected chi connectivity index (χ3v) is 2.95. The lowest BCUT2D eigenvalue weighted by Gasteiger charge is -2.19. The van der Waals surface area contributed by atoms with Gasteiger partial charge < -0.3 is 0 Å². The molecule has 0 bridgehead atoms. The number of hydrazine groups is 1. The maximum Gasteiger partial charge on any atom is 0.234 e. The second-order valence-corrected chi connectivity index (χ2v) is 5.60. The Bertz CT molecular complexity index is 376. The summed E-state index contributed by atoms with van der Waals surface area (Å²) in [6.07, 6.45) is 2.38. The van der Waals surface area contributed by atoms with Gasteiger partial charge in [-0.05, 0) is 29.4 Å². The standard InChI is InChI=1S/C15H24N2O/c1-15(2,3)13-10-8-12(9-11-13)6-5-7-14(18)17-16-4/h8-11,16H,5-7H2,1-4H3,(H,17,18). The lowest BCUT2D eigenvalue weighted by molar-refractivity contribution is -0.122. The molecule has 1 aromatic carbocycles. The molecule has 2 N–H and O–H groups in total. The number of nitrogens with one attached hydrogen (secondary N) is 2. The Morgan fingerprint density at radius 1 is 1.17 bits per heavy atom. The largest absolute Gasteiger partial charge is 0.292 e. The first-order valence-corrected chi connectivity index (χ1v) is 6.48. The fourth-order valence-electron chi connectivity index (χ4n) is 1.83. The molecule has 100 valence electrons. The van der Waals surface area contributed by atoms with Crippen molar-refractivity contribution in [2.75, 3.05) is 7.05 Å². The van der Waals surface area contributed by atoms with Gasteiger partial charge in [0.25, 0.3) is 0 Å². The fourth-order valence-corrected chi connectivity index (χ4v) is 1.83. The van der Waals surface area contributed by atoms with E-state index in [0.29, 0.717) is 6.42 Å². The molecule has 3 nitrogen and oxygen atoms in total. The van der Waals surface area contributed by atoms with Gasteiger partial charge in [-0.3, -0.25) is 10.2 Å². The van der Waals surface area contributed by atoms with Crippen molar-refractivity contribution in [3.63, 3.8) is 0 Å². The van der Waals surface area contributed by atoms with Crippen molar-refractivity contribution in [2.45, 2.75) is 45.4 Å². The minimum Gasteiger partial charge on any atom is -0.292 e. The predicted octanol–water partition coefficient (Wildman–Crippen LogP) is 2.56. The SMILES string of the molecule is CNNC(=O)CCCc1ccc(C(C)(C)C)cc1. The third-order valence-electron chi connectivity index (χ3n) is 2.95. The molecule has 0 spiro atoms. The zero-order chi connectivity index (χ0) is 13.6. The number of amides is 1. The van der Waals surface area contributed by atoms with Crippen LogP contribution in [0.1, 0.15) is 44.7 Å². The molecular weight excluding hydrogens is 224 g/mol. The number of carbonyl (C=O) groups excluding carboxylic acids is 1. The van der Waals surface area contributed by atoms with Gasteiger partial charge in [-0.25, -0.2) is 5.43 Å². The van der Waals surface area contributed by atoms with E-state index >= 15 is 0 Å². The molecule has 3 heteroatoms. The first-order valence-electron chi connectivity index (χ1n) is 6.48. The highest BCUT2D eigenvalue weighted by Gasteiger charge is 2.12. The highest BCUT2D eigenvalue weighted by atomic mass is 16.2. The van der Waals surface area contributed by atoms with E-state index in [2.05, 4.69) is 55.9 Å². The smallest absolute Gasteiger partial charge is 0.234 e. The molecule has 1 amide bonds. The number of benzene rings is 1. The summed E-state index contributed by atoms with van der Waals surface area (Å²) in [7, 11) is 1.70. The molecule has 0 unspecified atom stereocenters. The lowest BCUT2D eigenvalue weighted by Crippen LogP contribution is -2.33. The number of rotatable bonds is 5. The second-order valence-electron chi connectivity index (χ2n) is 5.60. The van der Waals surface area contributed by atoms with Crippen molar-refractivity contribution in [1.29, 1.82) is 0 Å². The van der Waals surface area contributed by atoms with Crippen LogP contribution < -0.4 is 10.9 Å². The Kier molecular flexibility index (Phi) is 5.35. The molecule has 0 atom stereocenters. The fraction of sp³-hybridized carbons (Fsp3) is 0.533. The van der Waals surface area contributed by atoms with Gasteiger partial charge in [0.15, 0.2) is 0 Å². The van der Waals surface area contributed by atoms with Crippen molar-refractivity contribution >= 4 is 5.91 Å². The zero-order valence-corrected chi connectivity index (χ0v) is 11.8. The highest BCUT2D eigenvalue weighted by Crippen LogP contribution is 2.22. The van der Waals surface area contributed by atoms with Crippen LogP contribution in [0.15, 0.2) is 24.3 Å². The summed E-state index contributed by atoms with van der Waals surface area (Å²) in [6, 6.07) is 8.69. The van der Waals surface area contributed by atoms with Crippen molar-refractivity contribution in [2.24, 2.45) is 0 Å². The van der Waals surface area contributed by atoms with Crippen molar-refractivity contribution in [3.8, 4) is 0 Å². The maximum atomic E-state index is 11.2. The van der Waals surface area contributed by atoms with Gasteiger partial charge in [0.2, 0.25) is 5.91 Å². The second kappa shape index (κ2) is 6.55.